The third kappa shape index (κ3) is 1.44. The molecule has 88 valence electrons. The van der Waals surface area contributed by atoms with Crippen LogP contribution >= 0.6 is 0 Å². The van der Waals surface area contributed by atoms with Crippen LogP contribution in [0.2, 0.25) is 0 Å². The zero-order valence-electron chi connectivity index (χ0n) is 10.1. The van der Waals surface area contributed by atoms with Crippen LogP contribution in [0.25, 0.3) is 10.9 Å². The van der Waals surface area contributed by atoms with Crippen molar-refractivity contribution in [2.45, 2.75) is 31.6 Å². The molecule has 0 spiro atoms. The molecule has 1 atom stereocenters. The van der Waals surface area contributed by atoms with Crippen molar-refractivity contribution in [3.63, 3.8) is 0 Å². The van der Waals surface area contributed by atoms with E-state index < -0.39 is 0 Å². The molecule has 2 aliphatic rings. The molecular formula is C15H18N2. The van der Waals surface area contributed by atoms with Gasteiger partial charge in [0.25, 0.3) is 0 Å². The highest BCUT2D eigenvalue weighted by molar-refractivity contribution is 5.86. The van der Waals surface area contributed by atoms with Crippen LogP contribution in [0, 0.1) is 0 Å². The highest BCUT2D eigenvalue weighted by Gasteiger charge is 2.20. The molecule has 0 radical (unpaired) electrons. The molecule has 1 aliphatic heterocycles. The summed E-state index contributed by atoms with van der Waals surface area (Å²) < 4.78 is 0. The minimum Gasteiger partial charge on any atom is -0.358 e. The first-order valence-electron chi connectivity index (χ1n) is 6.76. The van der Waals surface area contributed by atoms with Crippen LogP contribution < -0.4 is 5.32 Å². The van der Waals surface area contributed by atoms with Crippen molar-refractivity contribution in [3.05, 3.63) is 35.0 Å². The summed E-state index contributed by atoms with van der Waals surface area (Å²) in [5.41, 5.74) is 5.94. The molecular weight excluding hydrogens is 208 g/mol. The minimum atomic E-state index is 0.728. The molecule has 1 aromatic carbocycles. The van der Waals surface area contributed by atoms with Crippen molar-refractivity contribution in [1.29, 1.82) is 0 Å². The van der Waals surface area contributed by atoms with E-state index in [2.05, 4.69) is 28.5 Å². The van der Waals surface area contributed by atoms with Gasteiger partial charge in [0.15, 0.2) is 0 Å². The fraction of sp³-hybridized carbons (Fsp3) is 0.467. The molecule has 0 bridgehead atoms. The number of rotatable bonds is 1. The van der Waals surface area contributed by atoms with Crippen molar-refractivity contribution in [3.8, 4) is 0 Å². The Morgan fingerprint density at radius 1 is 1.18 bits per heavy atom. The van der Waals surface area contributed by atoms with Gasteiger partial charge in [0, 0.05) is 23.1 Å². The molecule has 0 saturated carbocycles. The van der Waals surface area contributed by atoms with E-state index in [1.165, 1.54) is 54.4 Å². The predicted molar refractivity (Wildman–Crippen MR) is 70.6 cm³/mol. The first-order chi connectivity index (χ1) is 8.42. The summed E-state index contributed by atoms with van der Waals surface area (Å²) in [6.07, 6.45) is 5.12. The lowest BCUT2D eigenvalue weighted by molar-refractivity contribution is 0.764. The number of aromatic nitrogens is 1. The van der Waals surface area contributed by atoms with E-state index in [1.54, 1.807) is 5.56 Å². The van der Waals surface area contributed by atoms with Crippen LogP contribution in [0.3, 0.4) is 0 Å². The van der Waals surface area contributed by atoms with Gasteiger partial charge in [0.05, 0.1) is 0 Å². The van der Waals surface area contributed by atoms with Gasteiger partial charge in [-0.2, -0.15) is 0 Å². The molecule has 2 aromatic rings. The molecule has 1 unspecified atom stereocenters. The quantitative estimate of drug-likeness (QED) is 0.769. The maximum atomic E-state index is 3.58. The van der Waals surface area contributed by atoms with Crippen molar-refractivity contribution < 1.29 is 0 Å². The second kappa shape index (κ2) is 3.61. The third-order valence-corrected chi connectivity index (χ3v) is 4.40. The maximum absolute atomic E-state index is 3.58. The van der Waals surface area contributed by atoms with E-state index in [-0.39, 0.29) is 0 Å². The van der Waals surface area contributed by atoms with Crippen LogP contribution in [0.15, 0.2) is 18.2 Å². The van der Waals surface area contributed by atoms with Crippen LogP contribution in [0.1, 0.15) is 35.6 Å². The van der Waals surface area contributed by atoms with E-state index in [1.807, 2.05) is 0 Å². The smallest absolute Gasteiger partial charge is 0.0459 e. The average molecular weight is 226 g/mol. The Morgan fingerprint density at radius 3 is 3.06 bits per heavy atom. The standard InChI is InChI=1S/C15H18N2/c1-2-12-13-8-10(11-6-7-16-9-11)4-5-15(13)17-14(12)3-1/h4-5,8,11,16-17H,1-3,6-7,9H2. The fourth-order valence-corrected chi connectivity index (χ4v) is 3.46. The zero-order valence-corrected chi connectivity index (χ0v) is 10.1. The number of H-pyrrole nitrogens is 1. The van der Waals surface area contributed by atoms with Crippen molar-refractivity contribution in [1.82, 2.24) is 10.3 Å². The summed E-state index contributed by atoms with van der Waals surface area (Å²) in [5, 5.41) is 4.95. The summed E-state index contributed by atoms with van der Waals surface area (Å²) in [4.78, 5) is 3.58. The molecule has 1 aliphatic carbocycles. The number of aromatic amines is 1. The van der Waals surface area contributed by atoms with Crippen molar-refractivity contribution in [2.75, 3.05) is 13.1 Å². The second-order valence-corrected chi connectivity index (χ2v) is 5.43. The monoisotopic (exact) mass is 226 g/mol. The molecule has 17 heavy (non-hydrogen) atoms. The molecule has 1 aromatic heterocycles. The van der Waals surface area contributed by atoms with Gasteiger partial charge in [-0.1, -0.05) is 6.07 Å². The highest BCUT2D eigenvalue weighted by Crippen LogP contribution is 2.33. The lowest BCUT2D eigenvalue weighted by Crippen LogP contribution is -2.07. The van der Waals surface area contributed by atoms with Crippen LogP contribution in [-0.4, -0.2) is 18.1 Å². The first kappa shape index (κ1) is 9.72. The zero-order chi connectivity index (χ0) is 11.2. The first-order valence-corrected chi connectivity index (χ1v) is 6.76. The summed E-state index contributed by atoms with van der Waals surface area (Å²) >= 11 is 0. The van der Waals surface area contributed by atoms with E-state index >= 15 is 0 Å². The van der Waals surface area contributed by atoms with Gasteiger partial charge in [-0.3, -0.25) is 0 Å². The Labute approximate surface area is 101 Å². The molecule has 2 heterocycles. The van der Waals surface area contributed by atoms with Gasteiger partial charge < -0.3 is 10.3 Å². The van der Waals surface area contributed by atoms with Gasteiger partial charge >= 0.3 is 0 Å². The van der Waals surface area contributed by atoms with Gasteiger partial charge in [-0.25, -0.2) is 0 Å². The van der Waals surface area contributed by atoms with E-state index in [0.29, 0.717) is 0 Å². The molecule has 1 saturated heterocycles. The maximum Gasteiger partial charge on any atom is 0.0459 e. The van der Waals surface area contributed by atoms with E-state index in [9.17, 15) is 0 Å². The van der Waals surface area contributed by atoms with Crippen molar-refractivity contribution >= 4 is 10.9 Å². The fourth-order valence-electron chi connectivity index (χ4n) is 3.46. The number of fused-ring (bicyclic) bond motifs is 3. The van der Waals surface area contributed by atoms with Gasteiger partial charge in [-0.05, 0) is 61.4 Å². The molecule has 2 nitrogen and oxygen atoms in total. The Balaban J connectivity index is 1.84. The Bertz CT molecular complexity index is 562. The van der Waals surface area contributed by atoms with Gasteiger partial charge in [0.2, 0.25) is 0 Å². The molecule has 2 heteroatoms. The van der Waals surface area contributed by atoms with Crippen LogP contribution in [0.4, 0.5) is 0 Å². The number of hydrogen-bond donors (Lipinski definition) is 2. The Hall–Kier alpha value is -1.28. The number of hydrogen-bond acceptors (Lipinski definition) is 1. The van der Waals surface area contributed by atoms with Crippen LogP contribution in [0.5, 0.6) is 0 Å². The second-order valence-electron chi connectivity index (χ2n) is 5.43. The highest BCUT2D eigenvalue weighted by atomic mass is 14.9. The number of nitrogens with one attached hydrogen (secondary N) is 2. The molecule has 4 rings (SSSR count). The molecule has 2 N–H and O–H groups in total. The predicted octanol–water partition coefficient (Wildman–Crippen LogP) is 2.73. The van der Waals surface area contributed by atoms with Gasteiger partial charge in [-0.15, -0.1) is 0 Å². The van der Waals surface area contributed by atoms with Gasteiger partial charge in [0.1, 0.15) is 0 Å². The van der Waals surface area contributed by atoms with Crippen molar-refractivity contribution in [2.24, 2.45) is 0 Å². The lowest BCUT2D eigenvalue weighted by atomic mass is 9.96. The SMILES string of the molecule is c1cc2[nH]c3c(c2cc1C1CCNC1)CCC3. The topological polar surface area (TPSA) is 27.8 Å². The summed E-state index contributed by atoms with van der Waals surface area (Å²) in [6, 6.07) is 7.03. The van der Waals surface area contributed by atoms with E-state index in [4.69, 9.17) is 0 Å². The summed E-state index contributed by atoms with van der Waals surface area (Å²) in [7, 11) is 0. The Morgan fingerprint density at radius 2 is 2.18 bits per heavy atom. The lowest BCUT2D eigenvalue weighted by Gasteiger charge is -2.09. The average Bonchev–Trinajstić information content (AvgIpc) is 3.05. The minimum absolute atomic E-state index is 0.728. The number of aryl methyl sites for hydroxylation is 2. The largest absolute Gasteiger partial charge is 0.358 e. The Kier molecular flexibility index (Phi) is 2.06. The summed E-state index contributed by atoms with van der Waals surface area (Å²) in [6.45, 7) is 2.33. The molecule has 1 fully saturated rings. The summed E-state index contributed by atoms with van der Waals surface area (Å²) in [5.74, 6) is 0.728. The van der Waals surface area contributed by atoms with Crippen LogP contribution in [-0.2, 0) is 12.8 Å². The van der Waals surface area contributed by atoms with E-state index in [0.717, 1.165) is 12.5 Å². The molecule has 0 amide bonds. The normalized spacial score (nSPS) is 23.4. The third-order valence-electron chi connectivity index (χ3n) is 4.40. The number of benzene rings is 1.